The number of anilines is 1. The van der Waals surface area contributed by atoms with Crippen molar-refractivity contribution in [1.82, 2.24) is 4.98 Å². The van der Waals surface area contributed by atoms with Gasteiger partial charge in [0.1, 0.15) is 5.82 Å². The Morgan fingerprint density at radius 2 is 2.16 bits per heavy atom. The van der Waals surface area contributed by atoms with Crippen LogP contribution in [0.5, 0.6) is 0 Å². The Balaban J connectivity index is 2.26. The van der Waals surface area contributed by atoms with E-state index >= 15 is 0 Å². The van der Waals surface area contributed by atoms with Gasteiger partial charge in [-0.1, -0.05) is 23.2 Å². The first-order valence-corrected chi connectivity index (χ1v) is 6.89. The molecule has 0 bridgehead atoms. The minimum Gasteiger partial charge on any atom is -0.478 e. The number of aromatic carboxylic acids is 1. The van der Waals surface area contributed by atoms with E-state index in [1.165, 1.54) is 23.6 Å². The van der Waals surface area contributed by atoms with Gasteiger partial charge < -0.3 is 10.0 Å². The van der Waals surface area contributed by atoms with Crippen LogP contribution in [0.25, 0.3) is 0 Å². The van der Waals surface area contributed by atoms with Crippen molar-refractivity contribution in [1.29, 1.82) is 0 Å². The zero-order valence-corrected chi connectivity index (χ0v) is 12.3. The number of rotatable bonds is 4. The standard InChI is InChI=1S/C12H10Cl2N2O2S/c1-16(6-7-2-3-9(13)19-7)11-10(14)8(12(17)18)4-5-15-11/h2-5H,6H2,1H3,(H,17,18). The van der Waals surface area contributed by atoms with Gasteiger partial charge in [-0.15, -0.1) is 11.3 Å². The predicted molar refractivity (Wildman–Crippen MR) is 77.6 cm³/mol. The third-order valence-corrected chi connectivity index (χ3v) is 4.07. The zero-order chi connectivity index (χ0) is 14.0. The quantitative estimate of drug-likeness (QED) is 0.932. The first kappa shape index (κ1) is 14.1. The molecule has 0 aromatic carbocycles. The van der Waals surface area contributed by atoms with Crippen molar-refractivity contribution < 1.29 is 9.90 Å². The third kappa shape index (κ3) is 3.18. The molecule has 0 aliphatic carbocycles. The topological polar surface area (TPSA) is 53.4 Å². The lowest BCUT2D eigenvalue weighted by Gasteiger charge is -2.19. The fourth-order valence-corrected chi connectivity index (χ4v) is 3.09. The first-order chi connectivity index (χ1) is 8.99. The summed E-state index contributed by atoms with van der Waals surface area (Å²) in [7, 11) is 1.80. The maximum Gasteiger partial charge on any atom is 0.337 e. The molecular formula is C12H10Cl2N2O2S. The summed E-state index contributed by atoms with van der Waals surface area (Å²) in [5.74, 6) is -0.632. The van der Waals surface area contributed by atoms with Crippen molar-refractivity contribution in [3.8, 4) is 0 Å². The van der Waals surface area contributed by atoms with Crippen LogP contribution in [-0.4, -0.2) is 23.1 Å². The van der Waals surface area contributed by atoms with Crippen LogP contribution in [0.2, 0.25) is 9.36 Å². The summed E-state index contributed by atoms with van der Waals surface area (Å²) in [5.41, 5.74) is 0.0442. The van der Waals surface area contributed by atoms with Gasteiger partial charge in [-0.2, -0.15) is 0 Å². The second-order valence-electron chi connectivity index (χ2n) is 3.86. The van der Waals surface area contributed by atoms with E-state index in [0.717, 1.165) is 4.88 Å². The molecule has 0 saturated carbocycles. The molecule has 0 amide bonds. The normalized spacial score (nSPS) is 10.5. The molecule has 0 saturated heterocycles. The van der Waals surface area contributed by atoms with Gasteiger partial charge in [0.05, 0.1) is 21.5 Å². The molecule has 7 heteroatoms. The highest BCUT2D eigenvalue weighted by Crippen LogP contribution is 2.29. The summed E-state index contributed by atoms with van der Waals surface area (Å²) in [6.45, 7) is 0.563. The second kappa shape index (κ2) is 5.77. The Labute approximate surface area is 124 Å². The highest BCUT2D eigenvalue weighted by molar-refractivity contribution is 7.16. The van der Waals surface area contributed by atoms with Crippen LogP contribution >= 0.6 is 34.5 Å². The van der Waals surface area contributed by atoms with Crippen molar-refractivity contribution >= 4 is 46.3 Å². The Morgan fingerprint density at radius 3 is 2.74 bits per heavy atom. The summed E-state index contributed by atoms with van der Waals surface area (Å²) in [5, 5.41) is 9.16. The van der Waals surface area contributed by atoms with E-state index in [1.54, 1.807) is 11.9 Å². The molecule has 19 heavy (non-hydrogen) atoms. The maximum absolute atomic E-state index is 11.0. The molecular weight excluding hydrogens is 307 g/mol. The average Bonchev–Trinajstić information content (AvgIpc) is 2.74. The van der Waals surface area contributed by atoms with Crippen molar-refractivity contribution in [3.63, 3.8) is 0 Å². The Kier molecular flexibility index (Phi) is 4.29. The van der Waals surface area contributed by atoms with Gasteiger partial charge in [-0.25, -0.2) is 9.78 Å². The van der Waals surface area contributed by atoms with Crippen LogP contribution < -0.4 is 4.90 Å². The number of hydrogen-bond donors (Lipinski definition) is 1. The van der Waals surface area contributed by atoms with Gasteiger partial charge in [0.25, 0.3) is 0 Å². The zero-order valence-electron chi connectivity index (χ0n) is 9.93. The van der Waals surface area contributed by atoms with Crippen molar-refractivity contribution in [2.75, 3.05) is 11.9 Å². The van der Waals surface area contributed by atoms with E-state index < -0.39 is 5.97 Å². The van der Waals surface area contributed by atoms with Crippen molar-refractivity contribution in [2.45, 2.75) is 6.54 Å². The van der Waals surface area contributed by atoms with Crippen LogP contribution in [0.15, 0.2) is 24.4 Å². The molecule has 2 aromatic heterocycles. The molecule has 0 aliphatic rings. The Hall–Kier alpha value is -1.30. The molecule has 100 valence electrons. The minimum atomic E-state index is -1.07. The number of carboxylic acids is 1. The smallest absolute Gasteiger partial charge is 0.337 e. The van der Waals surface area contributed by atoms with Crippen LogP contribution in [0.1, 0.15) is 15.2 Å². The van der Waals surface area contributed by atoms with Crippen LogP contribution in [0.3, 0.4) is 0 Å². The lowest BCUT2D eigenvalue weighted by Crippen LogP contribution is -2.18. The number of thiophene rings is 1. The highest BCUT2D eigenvalue weighted by atomic mass is 35.5. The van der Waals surface area contributed by atoms with E-state index in [0.29, 0.717) is 16.7 Å². The van der Waals surface area contributed by atoms with Crippen LogP contribution in [0, 0.1) is 0 Å². The first-order valence-electron chi connectivity index (χ1n) is 5.32. The van der Waals surface area contributed by atoms with Gasteiger partial charge >= 0.3 is 5.97 Å². The monoisotopic (exact) mass is 316 g/mol. The number of pyridine rings is 1. The van der Waals surface area contributed by atoms with Crippen molar-refractivity contribution in [2.24, 2.45) is 0 Å². The van der Waals surface area contributed by atoms with Crippen LogP contribution in [0.4, 0.5) is 5.82 Å². The summed E-state index contributed by atoms with van der Waals surface area (Å²) in [4.78, 5) is 18.0. The number of hydrogen-bond acceptors (Lipinski definition) is 4. The molecule has 2 rings (SSSR count). The molecule has 0 atom stereocenters. The van der Waals surface area contributed by atoms with Crippen molar-refractivity contribution in [3.05, 3.63) is 44.2 Å². The molecule has 4 nitrogen and oxygen atoms in total. The Bertz CT molecular complexity index is 616. The molecule has 0 radical (unpaired) electrons. The maximum atomic E-state index is 11.0. The molecule has 0 aliphatic heterocycles. The molecule has 2 heterocycles. The number of aromatic nitrogens is 1. The van der Waals surface area contributed by atoms with E-state index in [4.69, 9.17) is 28.3 Å². The predicted octanol–water partition coefficient (Wildman–Crippen LogP) is 3.78. The summed E-state index contributed by atoms with van der Waals surface area (Å²) >= 11 is 13.4. The van der Waals surface area contributed by atoms with E-state index in [9.17, 15) is 4.79 Å². The molecule has 0 fully saturated rings. The summed E-state index contributed by atoms with van der Waals surface area (Å²) in [6, 6.07) is 5.11. The fraction of sp³-hybridized carbons (Fsp3) is 0.167. The molecule has 1 N–H and O–H groups in total. The molecule has 0 spiro atoms. The largest absolute Gasteiger partial charge is 0.478 e. The van der Waals surface area contributed by atoms with Gasteiger partial charge in [0, 0.05) is 18.1 Å². The highest BCUT2D eigenvalue weighted by Gasteiger charge is 2.16. The summed E-state index contributed by atoms with van der Waals surface area (Å²) in [6.07, 6.45) is 1.43. The van der Waals surface area contributed by atoms with E-state index in [1.807, 2.05) is 12.1 Å². The minimum absolute atomic E-state index is 0.0442. The number of carbonyl (C=O) groups is 1. The second-order valence-corrected chi connectivity index (χ2v) is 6.04. The Morgan fingerprint density at radius 1 is 1.42 bits per heavy atom. The average molecular weight is 317 g/mol. The fourth-order valence-electron chi connectivity index (χ4n) is 1.61. The van der Waals surface area contributed by atoms with Gasteiger partial charge in [-0.05, 0) is 18.2 Å². The van der Waals surface area contributed by atoms with Gasteiger partial charge in [0.2, 0.25) is 0 Å². The number of halogens is 2. The number of carboxylic acid groups (broad SMARTS) is 1. The summed E-state index contributed by atoms with van der Waals surface area (Å²) < 4.78 is 0.710. The molecule has 0 unspecified atom stereocenters. The van der Waals surface area contributed by atoms with Gasteiger partial charge in [0.15, 0.2) is 0 Å². The molecule has 2 aromatic rings. The lowest BCUT2D eigenvalue weighted by molar-refractivity contribution is 0.0697. The number of nitrogens with zero attached hydrogens (tertiary/aromatic N) is 2. The van der Waals surface area contributed by atoms with E-state index in [-0.39, 0.29) is 10.6 Å². The third-order valence-electron chi connectivity index (χ3n) is 2.48. The van der Waals surface area contributed by atoms with Gasteiger partial charge in [-0.3, -0.25) is 0 Å². The lowest BCUT2D eigenvalue weighted by atomic mass is 10.2. The SMILES string of the molecule is CN(Cc1ccc(Cl)s1)c1nccc(C(=O)O)c1Cl. The van der Waals surface area contributed by atoms with Crippen LogP contribution in [-0.2, 0) is 6.54 Å². The van der Waals surface area contributed by atoms with E-state index in [2.05, 4.69) is 4.98 Å².